The van der Waals surface area contributed by atoms with E-state index in [2.05, 4.69) is 27.4 Å². The van der Waals surface area contributed by atoms with Crippen LogP contribution in [0.2, 0.25) is 0 Å². The van der Waals surface area contributed by atoms with Gasteiger partial charge in [0.25, 0.3) is 11.8 Å². The normalized spacial score (nSPS) is 17.4. The van der Waals surface area contributed by atoms with Crippen LogP contribution in [0.4, 0.5) is 10.1 Å². The number of hydrogen-bond acceptors (Lipinski definition) is 7. The van der Waals surface area contributed by atoms with Crippen molar-refractivity contribution in [3.8, 4) is 17.0 Å². The number of rotatable bonds is 10. The molecule has 0 aliphatic carbocycles. The summed E-state index contributed by atoms with van der Waals surface area (Å²) in [7, 11) is 0. The Morgan fingerprint density at radius 1 is 1.09 bits per heavy atom. The van der Waals surface area contributed by atoms with Crippen molar-refractivity contribution in [3.05, 3.63) is 77.2 Å². The van der Waals surface area contributed by atoms with Crippen LogP contribution in [-0.4, -0.2) is 80.2 Å². The number of benzene rings is 2. The zero-order valence-corrected chi connectivity index (χ0v) is 25.7. The summed E-state index contributed by atoms with van der Waals surface area (Å²) in [6.45, 7) is 8.44. The summed E-state index contributed by atoms with van der Waals surface area (Å²) in [5.41, 5.74) is 10.1. The number of anilines is 1. The highest BCUT2D eigenvalue weighted by molar-refractivity contribution is 6.01. The van der Waals surface area contributed by atoms with E-state index in [0.29, 0.717) is 56.3 Å². The molecule has 4 N–H and O–H groups in total. The van der Waals surface area contributed by atoms with Gasteiger partial charge in [0, 0.05) is 61.8 Å². The van der Waals surface area contributed by atoms with Gasteiger partial charge in [-0.15, -0.1) is 0 Å². The molecule has 2 aromatic carbocycles. The van der Waals surface area contributed by atoms with Gasteiger partial charge in [0.2, 0.25) is 5.88 Å². The Labute approximate surface area is 259 Å². The largest absolute Gasteiger partial charge is 0.478 e. The molecule has 10 heteroatoms. The Kier molecular flexibility index (Phi) is 10.4. The van der Waals surface area contributed by atoms with Gasteiger partial charge < -0.3 is 30.9 Å². The number of carbonyl (C=O) groups is 2. The van der Waals surface area contributed by atoms with E-state index >= 15 is 0 Å². The van der Waals surface area contributed by atoms with Gasteiger partial charge in [-0.25, -0.2) is 9.37 Å². The van der Waals surface area contributed by atoms with Crippen LogP contribution in [-0.2, 0) is 0 Å². The highest BCUT2D eigenvalue weighted by Crippen LogP contribution is 2.35. The number of hydrogen-bond donors (Lipinski definition) is 3. The summed E-state index contributed by atoms with van der Waals surface area (Å²) in [6.07, 6.45) is 4.22. The van der Waals surface area contributed by atoms with Crippen LogP contribution in [0.3, 0.4) is 0 Å². The van der Waals surface area contributed by atoms with E-state index in [1.54, 1.807) is 18.3 Å². The smallest absolute Gasteiger partial charge is 0.254 e. The molecule has 5 rings (SSSR count). The van der Waals surface area contributed by atoms with Crippen LogP contribution in [0.25, 0.3) is 11.1 Å². The van der Waals surface area contributed by atoms with Gasteiger partial charge in [-0.1, -0.05) is 13.0 Å². The Bertz CT molecular complexity index is 1460. The fraction of sp³-hybridized carbons (Fsp3) is 0.441. The molecular weight excluding hydrogens is 559 g/mol. The van der Waals surface area contributed by atoms with Crippen LogP contribution >= 0.6 is 0 Å². The van der Waals surface area contributed by atoms with Gasteiger partial charge in [-0.2, -0.15) is 0 Å². The maximum atomic E-state index is 14.3. The van der Waals surface area contributed by atoms with E-state index in [1.807, 2.05) is 42.2 Å². The van der Waals surface area contributed by atoms with Crippen molar-refractivity contribution < 1.29 is 18.7 Å². The SMILES string of the molecule is CCOc1ncccc1-c1ccc(N2CCN(C(=O)c3ccc(F)cc3C3CCNCC3)C[C@H]2CC)c(C(=O)NCCN)c1. The zero-order chi connectivity index (χ0) is 31.1. The molecule has 44 heavy (non-hydrogen) atoms. The molecule has 3 aromatic rings. The van der Waals surface area contributed by atoms with Gasteiger partial charge in [0.05, 0.1) is 12.2 Å². The van der Waals surface area contributed by atoms with Crippen LogP contribution in [0.1, 0.15) is 65.3 Å². The molecule has 234 valence electrons. The van der Waals surface area contributed by atoms with Gasteiger partial charge in [-0.05, 0) is 98.8 Å². The molecule has 2 fully saturated rings. The fourth-order valence-corrected chi connectivity index (χ4v) is 6.35. The minimum Gasteiger partial charge on any atom is -0.478 e. The monoisotopic (exact) mass is 602 g/mol. The fourth-order valence-electron chi connectivity index (χ4n) is 6.35. The Balaban J connectivity index is 1.43. The van der Waals surface area contributed by atoms with E-state index in [1.165, 1.54) is 6.07 Å². The van der Waals surface area contributed by atoms with Crippen LogP contribution in [0, 0.1) is 5.82 Å². The summed E-state index contributed by atoms with van der Waals surface area (Å²) in [5.74, 6) is 0.0906. The van der Waals surface area contributed by atoms with Gasteiger partial charge in [0.1, 0.15) is 5.82 Å². The van der Waals surface area contributed by atoms with E-state index in [-0.39, 0.29) is 29.6 Å². The summed E-state index contributed by atoms with van der Waals surface area (Å²) in [6, 6.07) is 14.2. The lowest BCUT2D eigenvalue weighted by Crippen LogP contribution is -2.55. The van der Waals surface area contributed by atoms with Gasteiger partial charge in [0.15, 0.2) is 0 Å². The number of carbonyl (C=O) groups excluding carboxylic acids is 2. The molecule has 0 unspecified atom stereocenters. The summed E-state index contributed by atoms with van der Waals surface area (Å²) in [4.78, 5) is 35.9. The molecule has 1 aromatic heterocycles. The molecule has 1 atom stereocenters. The molecule has 2 aliphatic rings. The quantitative estimate of drug-likeness (QED) is 0.319. The number of pyridine rings is 1. The lowest BCUT2D eigenvalue weighted by Gasteiger charge is -2.43. The zero-order valence-electron chi connectivity index (χ0n) is 25.7. The van der Waals surface area contributed by atoms with E-state index in [4.69, 9.17) is 10.5 Å². The lowest BCUT2D eigenvalue weighted by molar-refractivity contribution is 0.0718. The first-order valence-corrected chi connectivity index (χ1v) is 15.7. The Morgan fingerprint density at radius 3 is 2.66 bits per heavy atom. The first-order chi connectivity index (χ1) is 21.4. The molecule has 9 nitrogen and oxygen atoms in total. The first-order valence-electron chi connectivity index (χ1n) is 15.7. The number of nitrogens with two attached hydrogens (primary N) is 1. The van der Waals surface area contributed by atoms with Crippen molar-refractivity contribution in [3.63, 3.8) is 0 Å². The third kappa shape index (κ3) is 6.87. The summed E-state index contributed by atoms with van der Waals surface area (Å²) < 4.78 is 20.1. The molecular formula is C34H43FN6O3. The highest BCUT2D eigenvalue weighted by atomic mass is 19.1. The topological polar surface area (TPSA) is 113 Å². The standard InChI is InChI=1S/C34H43FN6O3/c1-3-26-22-40(34(43)28-9-8-25(35)21-29(28)23-11-15-37-16-12-23)18-19-41(26)31-10-7-24(20-30(31)32(42)38-17-13-36)27-6-5-14-39-33(27)44-4-2/h5-10,14,20-21,23,26,37H,3-4,11-13,15-19,22,36H2,1-2H3,(H,38,42)/t26-/m1/s1. The number of ether oxygens (including phenoxy) is 1. The number of nitrogens with zero attached hydrogens (tertiary/aromatic N) is 3. The van der Waals surface area contributed by atoms with Crippen molar-refractivity contribution in [1.29, 1.82) is 0 Å². The summed E-state index contributed by atoms with van der Waals surface area (Å²) in [5, 5.41) is 6.28. The minimum absolute atomic E-state index is 0.0141. The second-order valence-electron chi connectivity index (χ2n) is 11.3. The molecule has 2 aliphatic heterocycles. The Hall–Kier alpha value is -4.02. The third-order valence-electron chi connectivity index (χ3n) is 8.61. The maximum absolute atomic E-state index is 14.3. The predicted molar refractivity (Wildman–Crippen MR) is 171 cm³/mol. The Morgan fingerprint density at radius 2 is 1.91 bits per heavy atom. The number of amides is 2. The van der Waals surface area contributed by atoms with Gasteiger partial charge in [-0.3, -0.25) is 9.59 Å². The molecule has 0 saturated carbocycles. The van der Waals surface area contributed by atoms with Crippen LogP contribution < -0.4 is 26.0 Å². The second kappa shape index (κ2) is 14.6. The van der Waals surface area contributed by atoms with Crippen molar-refractivity contribution in [2.24, 2.45) is 5.73 Å². The van der Waals surface area contributed by atoms with Crippen LogP contribution in [0.5, 0.6) is 5.88 Å². The number of halogens is 1. The molecule has 0 spiro atoms. The first kappa shape index (κ1) is 31.4. The highest BCUT2D eigenvalue weighted by Gasteiger charge is 2.33. The number of piperidine rings is 1. The third-order valence-corrected chi connectivity index (χ3v) is 8.61. The number of aromatic nitrogens is 1. The van der Waals surface area contributed by atoms with E-state index in [0.717, 1.165) is 54.7 Å². The molecule has 0 bridgehead atoms. The second-order valence-corrected chi connectivity index (χ2v) is 11.3. The average Bonchev–Trinajstić information content (AvgIpc) is 3.07. The number of nitrogens with one attached hydrogen (secondary N) is 2. The minimum atomic E-state index is -0.310. The summed E-state index contributed by atoms with van der Waals surface area (Å²) >= 11 is 0. The number of piperazine rings is 1. The molecule has 2 saturated heterocycles. The average molecular weight is 603 g/mol. The van der Waals surface area contributed by atoms with Crippen molar-refractivity contribution in [1.82, 2.24) is 20.5 Å². The van der Waals surface area contributed by atoms with Crippen molar-refractivity contribution in [2.45, 2.75) is 45.1 Å². The molecule has 3 heterocycles. The maximum Gasteiger partial charge on any atom is 0.254 e. The van der Waals surface area contributed by atoms with Gasteiger partial charge >= 0.3 is 0 Å². The predicted octanol–water partition coefficient (Wildman–Crippen LogP) is 4.18. The molecule has 0 radical (unpaired) electrons. The van der Waals surface area contributed by atoms with Crippen molar-refractivity contribution in [2.75, 3.05) is 57.3 Å². The van der Waals surface area contributed by atoms with Crippen LogP contribution in [0.15, 0.2) is 54.7 Å². The van der Waals surface area contributed by atoms with E-state index in [9.17, 15) is 14.0 Å². The van der Waals surface area contributed by atoms with Crippen molar-refractivity contribution >= 4 is 17.5 Å². The lowest BCUT2D eigenvalue weighted by atomic mass is 9.86. The molecule has 2 amide bonds. The van der Waals surface area contributed by atoms with E-state index < -0.39 is 0 Å².